The van der Waals surface area contributed by atoms with Crippen molar-refractivity contribution in [1.82, 2.24) is 14.9 Å². The third kappa shape index (κ3) is 2.54. The van der Waals surface area contributed by atoms with E-state index in [1.54, 1.807) is 0 Å². The number of hydrogen-bond acceptors (Lipinski definition) is 2. The molecule has 17 heavy (non-hydrogen) atoms. The first-order valence-electron chi connectivity index (χ1n) is 7.11. The van der Waals surface area contributed by atoms with Gasteiger partial charge in [0.25, 0.3) is 0 Å². The Morgan fingerprint density at radius 3 is 3.06 bits per heavy atom. The van der Waals surface area contributed by atoms with E-state index in [0.717, 1.165) is 19.0 Å². The smallest absolute Gasteiger partial charge is 0.0952 e. The Morgan fingerprint density at radius 1 is 1.41 bits per heavy atom. The zero-order valence-electron chi connectivity index (χ0n) is 10.8. The van der Waals surface area contributed by atoms with Crippen LogP contribution < -0.4 is 5.32 Å². The van der Waals surface area contributed by atoms with Crippen molar-refractivity contribution in [2.45, 2.75) is 58.0 Å². The van der Waals surface area contributed by atoms with Gasteiger partial charge in [0, 0.05) is 24.8 Å². The summed E-state index contributed by atoms with van der Waals surface area (Å²) in [4.78, 5) is 4.54. The van der Waals surface area contributed by atoms with E-state index in [1.807, 2.05) is 6.33 Å². The highest BCUT2D eigenvalue weighted by Gasteiger charge is 2.27. The zero-order chi connectivity index (χ0) is 11.7. The van der Waals surface area contributed by atoms with Gasteiger partial charge in [0.1, 0.15) is 0 Å². The zero-order valence-corrected chi connectivity index (χ0v) is 10.8. The van der Waals surface area contributed by atoms with Crippen molar-refractivity contribution in [2.24, 2.45) is 5.92 Å². The maximum atomic E-state index is 4.54. The van der Waals surface area contributed by atoms with E-state index in [2.05, 4.69) is 21.8 Å². The Hall–Kier alpha value is -0.830. The number of nitrogens with one attached hydrogen (secondary N) is 1. The monoisotopic (exact) mass is 233 g/mol. The van der Waals surface area contributed by atoms with Crippen LogP contribution in [0.1, 0.15) is 44.0 Å². The highest BCUT2D eigenvalue weighted by atomic mass is 15.1. The van der Waals surface area contributed by atoms with E-state index in [1.165, 1.54) is 49.9 Å². The van der Waals surface area contributed by atoms with Crippen molar-refractivity contribution in [3.05, 3.63) is 17.7 Å². The fourth-order valence-corrected chi connectivity index (χ4v) is 2.90. The van der Waals surface area contributed by atoms with Gasteiger partial charge in [0.2, 0.25) is 0 Å². The van der Waals surface area contributed by atoms with Crippen LogP contribution >= 0.6 is 0 Å². The summed E-state index contributed by atoms with van der Waals surface area (Å²) in [7, 11) is 0. The van der Waals surface area contributed by atoms with Gasteiger partial charge in [-0.25, -0.2) is 4.98 Å². The van der Waals surface area contributed by atoms with Crippen molar-refractivity contribution >= 4 is 0 Å². The topological polar surface area (TPSA) is 29.9 Å². The minimum absolute atomic E-state index is 0.703. The van der Waals surface area contributed by atoms with E-state index in [0.29, 0.717) is 6.04 Å². The van der Waals surface area contributed by atoms with Crippen LogP contribution in [0, 0.1) is 5.92 Å². The van der Waals surface area contributed by atoms with E-state index in [-0.39, 0.29) is 0 Å². The van der Waals surface area contributed by atoms with Crippen LogP contribution in [0.25, 0.3) is 0 Å². The van der Waals surface area contributed by atoms with E-state index in [4.69, 9.17) is 0 Å². The lowest BCUT2D eigenvalue weighted by Gasteiger charge is -2.16. The Kier molecular flexibility index (Phi) is 3.19. The summed E-state index contributed by atoms with van der Waals surface area (Å²) >= 11 is 0. The molecule has 3 rings (SSSR count). The molecule has 1 heterocycles. The van der Waals surface area contributed by atoms with Gasteiger partial charge in [-0.2, -0.15) is 0 Å². The molecule has 0 aromatic carbocycles. The third-order valence-corrected chi connectivity index (χ3v) is 4.26. The van der Waals surface area contributed by atoms with Crippen LogP contribution in [-0.4, -0.2) is 22.1 Å². The van der Waals surface area contributed by atoms with E-state index in [9.17, 15) is 0 Å². The van der Waals surface area contributed by atoms with Crippen LogP contribution in [0.2, 0.25) is 0 Å². The summed E-state index contributed by atoms with van der Waals surface area (Å²) in [5, 5.41) is 3.64. The molecule has 1 aromatic rings. The van der Waals surface area contributed by atoms with Gasteiger partial charge in [-0.15, -0.1) is 0 Å². The number of nitrogens with zero attached hydrogens (tertiary/aromatic N) is 2. The normalized spacial score (nSPS) is 21.2. The van der Waals surface area contributed by atoms with E-state index < -0.39 is 0 Å². The Bertz CT molecular complexity index is 379. The molecule has 1 fully saturated rings. The number of aromatic nitrogens is 2. The molecule has 1 saturated carbocycles. The summed E-state index contributed by atoms with van der Waals surface area (Å²) < 4.78 is 2.36. The van der Waals surface area contributed by atoms with Gasteiger partial charge >= 0.3 is 0 Å². The molecule has 0 bridgehead atoms. The number of aryl methyl sites for hydroxylation is 1. The molecular formula is C14H23N3. The van der Waals surface area contributed by atoms with Crippen LogP contribution in [0.3, 0.4) is 0 Å². The average molecular weight is 233 g/mol. The fraction of sp³-hybridized carbons (Fsp3) is 0.786. The lowest BCUT2D eigenvalue weighted by Crippen LogP contribution is -2.31. The largest absolute Gasteiger partial charge is 0.333 e. The van der Waals surface area contributed by atoms with Gasteiger partial charge in [0.15, 0.2) is 0 Å². The molecule has 1 atom stereocenters. The van der Waals surface area contributed by atoms with Gasteiger partial charge in [-0.3, -0.25) is 0 Å². The quantitative estimate of drug-likeness (QED) is 0.844. The summed E-state index contributed by atoms with van der Waals surface area (Å²) in [6.07, 6.45) is 9.97. The molecule has 0 spiro atoms. The van der Waals surface area contributed by atoms with Crippen molar-refractivity contribution in [3.63, 3.8) is 0 Å². The van der Waals surface area contributed by atoms with Crippen LogP contribution in [0.5, 0.6) is 0 Å². The molecule has 1 N–H and O–H groups in total. The van der Waals surface area contributed by atoms with Crippen LogP contribution in [0.15, 0.2) is 6.33 Å². The first-order chi connectivity index (χ1) is 8.34. The number of fused-ring (bicyclic) bond motifs is 1. The highest BCUT2D eigenvalue weighted by molar-refractivity contribution is 5.16. The molecule has 0 aliphatic heterocycles. The molecule has 94 valence electrons. The molecule has 3 heteroatoms. The molecule has 2 aliphatic carbocycles. The molecule has 3 nitrogen and oxygen atoms in total. The SMILES string of the molecule is CC(NCCn1cnc2c1CCCC2)C1CC1. The second-order valence-electron chi connectivity index (χ2n) is 5.62. The predicted molar refractivity (Wildman–Crippen MR) is 69.1 cm³/mol. The summed E-state index contributed by atoms with van der Waals surface area (Å²) in [6.45, 7) is 4.49. The van der Waals surface area contributed by atoms with Gasteiger partial charge < -0.3 is 9.88 Å². The maximum Gasteiger partial charge on any atom is 0.0952 e. The fourth-order valence-electron chi connectivity index (χ4n) is 2.90. The van der Waals surface area contributed by atoms with Crippen molar-refractivity contribution < 1.29 is 0 Å². The number of hydrogen-bond donors (Lipinski definition) is 1. The lowest BCUT2D eigenvalue weighted by molar-refractivity contribution is 0.469. The summed E-state index contributed by atoms with van der Waals surface area (Å²) in [5.41, 5.74) is 2.85. The Balaban J connectivity index is 1.52. The highest BCUT2D eigenvalue weighted by Crippen LogP contribution is 2.32. The molecule has 1 unspecified atom stereocenters. The molecule has 1 aromatic heterocycles. The van der Waals surface area contributed by atoms with Crippen LogP contribution in [-0.2, 0) is 19.4 Å². The summed E-state index contributed by atoms with van der Waals surface area (Å²) in [6, 6.07) is 0.703. The van der Waals surface area contributed by atoms with Crippen molar-refractivity contribution in [1.29, 1.82) is 0 Å². The first-order valence-corrected chi connectivity index (χ1v) is 7.11. The molecule has 2 aliphatic rings. The Morgan fingerprint density at radius 2 is 2.24 bits per heavy atom. The minimum Gasteiger partial charge on any atom is -0.333 e. The first kappa shape index (κ1) is 11.3. The summed E-state index contributed by atoms with van der Waals surface area (Å²) in [5.74, 6) is 0.951. The average Bonchev–Trinajstić information content (AvgIpc) is 3.12. The predicted octanol–water partition coefficient (Wildman–Crippen LogP) is 2.15. The molecular weight excluding hydrogens is 210 g/mol. The van der Waals surface area contributed by atoms with Gasteiger partial charge in [0.05, 0.1) is 12.0 Å². The van der Waals surface area contributed by atoms with Crippen molar-refractivity contribution in [3.8, 4) is 0 Å². The molecule has 0 radical (unpaired) electrons. The standard InChI is InChI=1S/C14H23N3/c1-11(12-6-7-12)15-8-9-17-10-16-13-4-2-3-5-14(13)17/h10-12,15H,2-9H2,1H3. The minimum atomic E-state index is 0.703. The molecule has 0 saturated heterocycles. The van der Waals surface area contributed by atoms with Crippen molar-refractivity contribution in [2.75, 3.05) is 6.54 Å². The third-order valence-electron chi connectivity index (χ3n) is 4.26. The number of imidazole rings is 1. The lowest BCUT2D eigenvalue weighted by atomic mass is 10.0. The second-order valence-corrected chi connectivity index (χ2v) is 5.62. The van der Waals surface area contributed by atoms with E-state index >= 15 is 0 Å². The second kappa shape index (κ2) is 4.81. The van der Waals surface area contributed by atoms with Crippen LogP contribution in [0.4, 0.5) is 0 Å². The molecule has 0 amide bonds. The maximum absolute atomic E-state index is 4.54. The number of rotatable bonds is 5. The van der Waals surface area contributed by atoms with Gasteiger partial charge in [-0.05, 0) is 51.4 Å². The van der Waals surface area contributed by atoms with Gasteiger partial charge in [-0.1, -0.05) is 0 Å². The Labute approximate surface area is 104 Å².